The van der Waals surface area contributed by atoms with Gasteiger partial charge in [0.25, 0.3) is 0 Å². The monoisotopic (exact) mass is 338 g/mol. The number of likely N-dealkylation sites (tertiary alicyclic amines) is 2. The average molecular weight is 338 g/mol. The summed E-state index contributed by atoms with van der Waals surface area (Å²) >= 11 is 0. The highest BCUT2D eigenvalue weighted by molar-refractivity contribution is 5.80. The van der Waals surface area contributed by atoms with E-state index in [2.05, 4.69) is 6.92 Å². The summed E-state index contributed by atoms with van der Waals surface area (Å²) in [4.78, 5) is 39.1. The van der Waals surface area contributed by atoms with E-state index in [1.807, 2.05) is 9.80 Å². The van der Waals surface area contributed by atoms with Gasteiger partial charge in [-0.2, -0.15) is 0 Å². The average Bonchev–Trinajstić information content (AvgIpc) is 2.58. The van der Waals surface area contributed by atoms with Crippen molar-refractivity contribution in [3.8, 4) is 0 Å². The first-order valence-electron chi connectivity index (χ1n) is 9.25. The molecule has 6 heteroatoms. The van der Waals surface area contributed by atoms with Gasteiger partial charge in [-0.3, -0.25) is 14.4 Å². The molecule has 0 aromatic rings. The minimum atomic E-state index is -0.811. The summed E-state index contributed by atoms with van der Waals surface area (Å²) in [5.74, 6) is 0.211. The molecule has 1 atom stereocenters. The second-order valence-electron chi connectivity index (χ2n) is 7.29. The third-order valence-corrected chi connectivity index (χ3v) is 5.20. The third-order valence-electron chi connectivity index (χ3n) is 5.20. The molecular weight excluding hydrogens is 308 g/mol. The molecule has 136 valence electrons. The van der Waals surface area contributed by atoms with Crippen LogP contribution in [0.4, 0.5) is 0 Å². The van der Waals surface area contributed by atoms with Crippen molar-refractivity contribution in [2.45, 2.75) is 58.3 Å². The zero-order valence-electron chi connectivity index (χ0n) is 14.7. The van der Waals surface area contributed by atoms with Gasteiger partial charge in [-0.15, -0.1) is 0 Å². The van der Waals surface area contributed by atoms with Gasteiger partial charge in [0, 0.05) is 44.9 Å². The zero-order chi connectivity index (χ0) is 17.5. The van der Waals surface area contributed by atoms with Gasteiger partial charge in [0.15, 0.2) is 0 Å². The van der Waals surface area contributed by atoms with Crippen LogP contribution < -0.4 is 0 Å². The van der Waals surface area contributed by atoms with Crippen molar-refractivity contribution in [1.29, 1.82) is 0 Å². The lowest BCUT2D eigenvalue weighted by Gasteiger charge is -2.37. The molecule has 0 aromatic heterocycles. The number of carboxylic acid groups (broad SMARTS) is 1. The van der Waals surface area contributed by atoms with Crippen LogP contribution in [-0.4, -0.2) is 58.9 Å². The van der Waals surface area contributed by atoms with Gasteiger partial charge >= 0.3 is 5.97 Å². The van der Waals surface area contributed by atoms with E-state index in [0.717, 1.165) is 32.4 Å². The topological polar surface area (TPSA) is 77.9 Å². The summed E-state index contributed by atoms with van der Waals surface area (Å²) in [6.45, 7) is 5.26. The molecule has 0 radical (unpaired) electrons. The van der Waals surface area contributed by atoms with Gasteiger partial charge in [-0.25, -0.2) is 0 Å². The molecule has 0 spiro atoms. The number of hydrogen-bond donors (Lipinski definition) is 1. The third kappa shape index (κ3) is 5.49. The SMILES string of the molecule is CC1CCCN(C(=O)C2CCN(C(=O)CCCCC(=O)O)CC2)C1. The number of rotatable bonds is 6. The molecule has 0 aliphatic carbocycles. The first-order valence-corrected chi connectivity index (χ1v) is 9.25. The standard InChI is InChI=1S/C18H30N2O4/c1-14-5-4-10-20(13-14)18(24)15-8-11-19(12-9-15)16(21)6-2-3-7-17(22)23/h14-15H,2-13H2,1H3,(H,22,23). The van der Waals surface area contributed by atoms with Crippen LogP contribution in [0.25, 0.3) is 0 Å². The molecule has 2 aliphatic heterocycles. The summed E-state index contributed by atoms with van der Waals surface area (Å²) < 4.78 is 0. The first-order chi connectivity index (χ1) is 11.5. The largest absolute Gasteiger partial charge is 0.481 e. The van der Waals surface area contributed by atoms with Gasteiger partial charge in [0.2, 0.25) is 11.8 Å². The number of amides is 2. The van der Waals surface area contributed by atoms with E-state index >= 15 is 0 Å². The lowest BCUT2D eigenvalue weighted by atomic mass is 9.92. The molecular formula is C18H30N2O4. The highest BCUT2D eigenvalue weighted by atomic mass is 16.4. The number of nitrogens with zero attached hydrogens (tertiary/aromatic N) is 2. The molecule has 6 nitrogen and oxygen atoms in total. The van der Waals surface area contributed by atoms with Crippen LogP contribution in [0.2, 0.25) is 0 Å². The highest BCUT2D eigenvalue weighted by Gasteiger charge is 2.31. The van der Waals surface area contributed by atoms with Crippen molar-refractivity contribution >= 4 is 17.8 Å². The van der Waals surface area contributed by atoms with Crippen LogP contribution >= 0.6 is 0 Å². The van der Waals surface area contributed by atoms with E-state index in [0.29, 0.717) is 38.3 Å². The van der Waals surface area contributed by atoms with Crippen molar-refractivity contribution < 1.29 is 19.5 Å². The second kappa shape index (κ2) is 9.04. The van der Waals surface area contributed by atoms with E-state index in [4.69, 9.17) is 5.11 Å². The number of hydrogen-bond acceptors (Lipinski definition) is 3. The minimum Gasteiger partial charge on any atom is -0.481 e. The van der Waals surface area contributed by atoms with Crippen LogP contribution in [0.3, 0.4) is 0 Å². The molecule has 2 heterocycles. The maximum atomic E-state index is 12.6. The van der Waals surface area contributed by atoms with Gasteiger partial charge in [0.05, 0.1) is 0 Å². The van der Waals surface area contributed by atoms with E-state index < -0.39 is 5.97 Å². The van der Waals surface area contributed by atoms with Crippen molar-refractivity contribution in [3.05, 3.63) is 0 Å². The van der Waals surface area contributed by atoms with Gasteiger partial charge in [-0.05, 0) is 44.4 Å². The Labute approximate surface area is 144 Å². The first kappa shape index (κ1) is 18.7. The fourth-order valence-corrected chi connectivity index (χ4v) is 3.73. The summed E-state index contributed by atoms with van der Waals surface area (Å²) in [7, 11) is 0. The van der Waals surface area contributed by atoms with Crippen LogP contribution in [0.5, 0.6) is 0 Å². The minimum absolute atomic E-state index is 0.0614. The summed E-state index contributed by atoms with van der Waals surface area (Å²) in [5, 5.41) is 8.60. The quantitative estimate of drug-likeness (QED) is 0.753. The summed E-state index contributed by atoms with van der Waals surface area (Å²) in [6.07, 6.45) is 5.51. The van der Waals surface area contributed by atoms with Crippen molar-refractivity contribution in [2.24, 2.45) is 11.8 Å². The van der Waals surface area contributed by atoms with Crippen LogP contribution in [0, 0.1) is 11.8 Å². The normalized spacial score (nSPS) is 22.5. The molecule has 1 unspecified atom stereocenters. The molecule has 2 amide bonds. The Kier molecular flexibility index (Phi) is 7.06. The van der Waals surface area contributed by atoms with Gasteiger partial charge in [-0.1, -0.05) is 6.92 Å². The Morgan fingerprint density at radius 3 is 2.25 bits per heavy atom. The molecule has 1 N–H and O–H groups in total. The van der Waals surface area contributed by atoms with Crippen LogP contribution in [0.15, 0.2) is 0 Å². The zero-order valence-corrected chi connectivity index (χ0v) is 14.7. The lowest BCUT2D eigenvalue weighted by Crippen LogP contribution is -2.46. The predicted octanol–water partition coefficient (Wildman–Crippen LogP) is 2.13. The maximum Gasteiger partial charge on any atom is 0.303 e. The van der Waals surface area contributed by atoms with Crippen LogP contribution in [-0.2, 0) is 14.4 Å². The predicted molar refractivity (Wildman–Crippen MR) is 90.4 cm³/mol. The van der Waals surface area contributed by atoms with Gasteiger partial charge < -0.3 is 14.9 Å². The second-order valence-corrected chi connectivity index (χ2v) is 7.29. The summed E-state index contributed by atoms with van der Waals surface area (Å²) in [6, 6.07) is 0. The Morgan fingerprint density at radius 2 is 1.62 bits per heavy atom. The molecule has 0 aromatic carbocycles. The van der Waals surface area contributed by atoms with Crippen molar-refractivity contribution in [2.75, 3.05) is 26.2 Å². The van der Waals surface area contributed by atoms with E-state index in [1.165, 1.54) is 6.42 Å². The lowest BCUT2D eigenvalue weighted by molar-refractivity contribution is -0.142. The van der Waals surface area contributed by atoms with E-state index in [9.17, 15) is 14.4 Å². The summed E-state index contributed by atoms with van der Waals surface area (Å²) in [5.41, 5.74) is 0. The smallest absolute Gasteiger partial charge is 0.303 e. The number of unbranched alkanes of at least 4 members (excludes halogenated alkanes) is 1. The maximum absolute atomic E-state index is 12.6. The number of carbonyl (C=O) groups is 3. The Hall–Kier alpha value is -1.59. The van der Waals surface area contributed by atoms with Gasteiger partial charge in [0.1, 0.15) is 0 Å². The molecule has 2 aliphatic rings. The molecule has 2 saturated heterocycles. The number of carbonyl (C=O) groups excluding carboxylic acids is 2. The highest BCUT2D eigenvalue weighted by Crippen LogP contribution is 2.24. The number of carboxylic acids is 1. The van der Waals surface area contributed by atoms with E-state index in [-0.39, 0.29) is 24.2 Å². The molecule has 2 rings (SSSR count). The van der Waals surface area contributed by atoms with E-state index in [1.54, 1.807) is 0 Å². The molecule has 2 fully saturated rings. The molecule has 24 heavy (non-hydrogen) atoms. The molecule has 0 bridgehead atoms. The fraction of sp³-hybridized carbons (Fsp3) is 0.833. The number of aliphatic carboxylic acids is 1. The molecule has 0 saturated carbocycles. The van der Waals surface area contributed by atoms with Crippen molar-refractivity contribution in [3.63, 3.8) is 0 Å². The van der Waals surface area contributed by atoms with Crippen molar-refractivity contribution in [1.82, 2.24) is 9.80 Å². The Balaban J connectivity index is 1.69. The Morgan fingerprint density at radius 1 is 0.958 bits per heavy atom. The number of piperidine rings is 2. The van der Waals surface area contributed by atoms with Crippen LogP contribution in [0.1, 0.15) is 58.3 Å². The Bertz CT molecular complexity index is 458. The fourth-order valence-electron chi connectivity index (χ4n) is 3.73.